The van der Waals surface area contributed by atoms with E-state index in [1.165, 1.54) is 6.92 Å². The molecule has 27 heavy (non-hydrogen) atoms. The van der Waals surface area contributed by atoms with Gasteiger partial charge in [0.15, 0.2) is 6.10 Å². The van der Waals surface area contributed by atoms with Crippen molar-refractivity contribution in [3.8, 4) is 5.75 Å². The molecule has 0 aromatic heterocycles. The van der Waals surface area contributed by atoms with Gasteiger partial charge in [-0.3, -0.25) is 14.4 Å². The number of hydrogen-bond acceptors (Lipinski definition) is 5. The fourth-order valence-corrected chi connectivity index (χ4v) is 2.22. The van der Waals surface area contributed by atoms with Crippen LogP contribution in [0.1, 0.15) is 24.2 Å². The molecule has 0 spiro atoms. The average molecular weight is 370 g/mol. The molecule has 0 saturated heterocycles. The van der Waals surface area contributed by atoms with Crippen LogP contribution in [0.5, 0.6) is 5.75 Å². The zero-order chi connectivity index (χ0) is 19.6. The van der Waals surface area contributed by atoms with Crippen LogP contribution in [0.3, 0.4) is 0 Å². The topological polar surface area (TPSA) is 93.7 Å². The van der Waals surface area contributed by atoms with Crippen molar-refractivity contribution in [3.05, 3.63) is 60.2 Å². The van der Waals surface area contributed by atoms with Gasteiger partial charge in [0.25, 0.3) is 11.8 Å². The monoisotopic (exact) mass is 370 g/mol. The Kier molecular flexibility index (Phi) is 7.37. The van der Waals surface area contributed by atoms with Crippen LogP contribution in [0.2, 0.25) is 0 Å². The number of nitrogens with one attached hydrogen (secondary N) is 2. The third kappa shape index (κ3) is 6.14. The van der Waals surface area contributed by atoms with Gasteiger partial charge in [0.1, 0.15) is 12.3 Å². The Labute approximate surface area is 157 Å². The zero-order valence-corrected chi connectivity index (χ0v) is 15.2. The highest BCUT2D eigenvalue weighted by Gasteiger charge is 2.19. The smallest absolute Gasteiger partial charge is 0.326 e. The van der Waals surface area contributed by atoms with Crippen LogP contribution in [0.25, 0.3) is 0 Å². The minimum Gasteiger partial charge on any atom is -0.492 e. The van der Waals surface area contributed by atoms with E-state index in [-0.39, 0.29) is 6.54 Å². The molecule has 7 nitrogen and oxygen atoms in total. The standard InChI is InChI=1S/C20H22N2O5/c1-3-26-17-12-8-7-11-16(17)22-19(24)14(2)27-18(23)13-21-20(25)15-9-5-4-6-10-15/h4-12,14H,3,13H2,1-2H3,(H,21,25)(H,22,24)/t14-/m0/s1. The Morgan fingerprint density at radius 2 is 1.67 bits per heavy atom. The Hall–Kier alpha value is -3.35. The van der Waals surface area contributed by atoms with Crippen molar-refractivity contribution >= 4 is 23.5 Å². The van der Waals surface area contributed by atoms with E-state index in [1.54, 1.807) is 54.6 Å². The van der Waals surface area contributed by atoms with E-state index in [0.717, 1.165) is 0 Å². The number of ether oxygens (including phenoxy) is 2. The molecule has 2 aromatic rings. The summed E-state index contributed by atoms with van der Waals surface area (Å²) in [5.41, 5.74) is 0.924. The summed E-state index contributed by atoms with van der Waals surface area (Å²) in [6.45, 7) is 3.42. The first kappa shape index (κ1) is 20.0. The van der Waals surface area contributed by atoms with Gasteiger partial charge in [0.2, 0.25) is 0 Å². The predicted octanol–water partition coefficient (Wildman–Crippen LogP) is 2.39. The number of carbonyl (C=O) groups excluding carboxylic acids is 3. The Morgan fingerprint density at radius 3 is 2.37 bits per heavy atom. The molecule has 0 bridgehead atoms. The number of para-hydroxylation sites is 2. The van der Waals surface area contributed by atoms with Crippen LogP contribution < -0.4 is 15.4 Å². The molecule has 2 rings (SSSR count). The van der Waals surface area contributed by atoms with Gasteiger partial charge in [0, 0.05) is 5.56 Å². The second-order valence-corrected chi connectivity index (χ2v) is 5.60. The summed E-state index contributed by atoms with van der Waals surface area (Å²) >= 11 is 0. The quantitative estimate of drug-likeness (QED) is 0.696. The zero-order valence-electron chi connectivity index (χ0n) is 15.2. The number of esters is 1. The van der Waals surface area contributed by atoms with Gasteiger partial charge in [-0.2, -0.15) is 0 Å². The first-order valence-electron chi connectivity index (χ1n) is 8.56. The van der Waals surface area contributed by atoms with E-state index >= 15 is 0 Å². The molecule has 0 aliphatic carbocycles. The third-order valence-corrected chi connectivity index (χ3v) is 3.55. The molecule has 2 N–H and O–H groups in total. The molecule has 0 unspecified atom stereocenters. The molecule has 0 fully saturated rings. The van der Waals surface area contributed by atoms with Gasteiger partial charge >= 0.3 is 5.97 Å². The highest BCUT2D eigenvalue weighted by molar-refractivity contribution is 5.97. The molecule has 0 aliphatic heterocycles. The molecule has 0 saturated carbocycles. The van der Waals surface area contributed by atoms with Crippen molar-refractivity contribution in [1.29, 1.82) is 0 Å². The van der Waals surface area contributed by atoms with Crippen LogP contribution in [-0.4, -0.2) is 37.0 Å². The number of benzene rings is 2. The molecule has 7 heteroatoms. The van der Waals surface area contributed by atoms with E-state index in [2.05, 4.69) is 10.6 Å². The number of carbonyl (C=O) groups is 3. The SMILES string of the molecule is CCOc1ccccc1NC(=O)[C@H](C)OC(=O)CNC(=O)c1ccccc1. The van der Waals surface area contributed by atoms with Gasteiger partial charge in [-0.1, -0.05) is 30.3 Å². The van der Waals surface area contributed by atoms with Crippen LogP contribution in [0.15, 0.2) is 54.6 Å². The van der Waals surface area contributed by atoms with Crippen molar-refractivity contribution in [2.45, 2.75) is 20.0 Å². The van der Waals surface area contributed by atoms with Crippen molar-refractivity contribution in [2.24, 2.45) is 0 Å². The fraction of sp³-hybridized carbons (Fsp3) is 0.250. The Balaban J connectivity index is 1.83. The highest BCUT2D eigenvalue weighted by atomic mass is 16.5. The minimum absolute atomic E-state index is 0.332. The summed E-state index contributed by atoms with van der Waals surface area (Å²) in [5.74, 6) is -1.07. The molecule has 1 atom stereocenters. The predicted molar refractivity (Wildman–Crippen MR) is 101 cm³/mol. The Bertz CT molecular complexity index is 792. The second kappa shape index (κ2) is 9.96. The maximum atomic E-state index is 12.2. The lowest BCUT2D eigenvalue weighted by Crippen LogP contribution is -2.35. The molecule has 142 valence electrons. The minimum atomic E-state index is -1.03. The number of hydrogen-bond donors (Lipinski definition) is 2. The highest BCUT2D eigenvalue weighted by Crippen LogP contribution is 2.23. The Morgan fingerprint density at radius 1 is 1.00 bits per heavy atom. The van der Waals surface area contributed by atoms with E-state index < -0.39 is 23.9 Å². The summed E-state index contributed by atoms with van der Waals surface area (Å²) in [6, 6.07) is 15.5. The lowest BCUT2D eigenvalue weighted by Gasteiger charge is -2.15. The maximum Gasteiger partial charge on any atom is 0.326 e. The first-order chi connectivity index (χ1) is 13.0. The van der Waals surface area contributed by atoms with Gasteiger partial charge in [-0.15, -0.1) is 0 Å². The van der Waals surface area contributed by atoms with Crippen LogP contribution in [-0.2, 0) is 14.3 Å². The summed E-state index contributed by atoms with van der Waals surface area (Å²) in [6.07, 6.45) is -1.03. The normalized spacial score (nSPS) is 11.2. The van der Waals surface area contributed by atoms with Gasteiger partial charge in [0.05, 0.1) is 12.3 Å². The van der Waals surface area contributed by atoms with Crippen molar-refractivity contribution < 1.29 is 23.9 Å². The number of anilines is 1. The van der Waals surface area contributed by atoms with E-state index in [0.29, 0.717) is 23.6 Å². The summed E-state index contributed by atoms with van der Waals surface area (Å²) < 4.78 is 10.5. The van der Waals surface area contributed by atoms with Crippen molar-refractivity contribution in [1.82, 2.24) is 5.32 Å². The third-order valence-electron chi connectivity index (χ3n) is 3.55. The van der Waals surface area contributed by atoms with Gasteiger partial charge in [-0.05, 0) is 38.1 Å². The summed E-state index contributed by atoms with van der Waals surface area (Å²) in [4.78, 5) is 36.0. The van der Waals surface area contributed by atoms with Crippen LogP contribution >= 0.6 is 0 Å². The molecular formula is C20H22N2O5. The average Bonchev–Trinajstić information content (AvgIpc) is 2.68. The molecular weight excluding hydrogens is 348 g/mol. The van der Waals surface area contributed by atoms with E-state index in [9.17, 15) is 14.4 Å². The number of rotatable bonds is 8. The van der Waals surface area contributed by atoms with Gasteiger partial charge in [-0.25, -0.2) is 0 Å². The van der Waals surface area contributed by atoms with Crippen LogP contribution in [0, 0.1) is 0 Å². The first-order valence-corrected chi connectivity index (χ1v) is 8.56. The van der Waals surface area contributed by atoms with E-state index in [4.69, 9.17) is 9.47 Å². The lowest BCUT2D eigenvalue weighted by molar-refractivity contribution is -0.152. The molecule has 0 heterocycles. The summed E-state index contributed by atoms with van der Waals surface area (Å²) in [5, 5.41) is 5.12. The largest absolute Gasteiger partial charge is 0.492 e. The number of amides is 2. The molecule has 0 aliphatic rings. The van der Waals surface area contributed by atoms with Gasteiger partial charge < -0.3 is 20.1 Å². The van der Waals surface area contributed by atoms with Crippen molar-refractivity contribution in [2.75, 3.05) is 18.5 Å². The van der Waals surface area contributed by atoms with Crippen molar-refractivity contribution in [3.63, 3.8) is 0 Å². The molecule has 0 radical (unpaired) electrons. The lowest BCUT2D eigenvalue weighted by atomic mass is 10.2. The molecule has 2 aromatic carbocycles. The molecule has 2 amide bonds. The van der Waals surface area contributed by atoms with Crippen LogP contribution in [0.4, 0.5) is 5.69 Å². The summed E-state index contributed by atoms with van der Waals surface area (Å²) in [7, 11) is 0. The second-order valence-electron chi connectivity index (χ2n) is 5.60. The maximum absolute atomic E-state index is 12.2. The fourth-order valence-electron chi connectivity index (χ4n) is 2.22. The van der Waals surface area contributed by atoms with E-state index in [1.807, 2.05) is 6.92 Å².